The first-order valence-corrected chi connectivity index (χ1v) is 13.4. The molecule has 1 N–H and O–H groups in total. The van der Waals surface area contributed by atoms with Crippen LogP contribution < -0.4 is 19.7 Å². The molecule has 200 valence electrons. The van der Waals surface area contributed by atoms with Crippen molar-refractivity contribution in [3.63, 3.8) is 0 Å². The van der Waals surface area contributed by atoms with E-state index >= 15 is 0 Å². The summed E-state index contributed by atoms with van der Waals surface area (Å²) in [5.74, 6) is 1.43. The Morgan fingerprint density at radius 2 is 1.71 bits per heavy atom. The number of rotatable bonds is 11. The van der Waals surface area contributed by atoms with Gasteiger partial charge in [0.15, 0.2) is 11.5 Å². The molecule has 2 aliphatic heterocycles. The molecule has 5 rings (SSSR count). The van der Waals surface area contributed by atoms with Crippen molar-refractivity contribution >= 4 is 11.6 Å². The lowest BCUT2D eigenvalue weighted by atomic mass is 9.99. The van der Waals surface area contributed by atoms with Gasteiger partial charge in [0, 0.05) is 56.1 Å². The number of methoxy groups -OCH3 is 2. The molecular weight excluding hydrogens is 478 g/mol. The summed E-state index contributed by atoms with van der Waals surface area (Å²) in [5.41, 5.74) is 5.32. The van der Waals surface area contributed by atoms with Crippen molar-refractivity contribution in [2.75, 3.05) is 51.9 Å². The lowest BCUT2D eigenvalue weighted by molar-refractivity contribution is 0.0660. The van der Waals surface area contributed by atoms with E-state index in [1.54, 1.807) is 14.2 Å². The maximum absolute atomic E-state index is 13.8. The molecule has 0 saturated carbocycles. The third-order valence-corrected chi connectivity index (χ3v) is 7.48. The van der Waals surface area contributed by atoms with Gasteiger partial charge in [-0.1, -0.05) is 42.5 Å². The van der Waals surface area contributed by atoms with Crippen LogP contribution in [0.2, 0.25) is 0 Å². The van der Waals surface area contributed by atoms with Crippen LogP contribution in [-0.4, -0.2) is 57.8 Å². The van der Waals surface area contributed by atoms with Crippen LogP contribution in [0.1, 0.15) is 45.9 Å². The molecule has 0 unspecified atom stereocenters. The van der Waals surface area contributed by atoms with Crippen molar-refractivity contribution in [1.82, 2.24) is 10.2 Å². The summed E-state index contributed by atoms with van der Waals surface area (Å²) in [5, 5.41) is 3.42. The molecule has 2 heterocycles. The predicted octanol–water partition coefficient (Wildman–Crippen LogP) is 4.81. The van der Waals surface area contributed by atoms with Crippen molar-refractivity contribution < 1.29 is 19.0 Å². The van der Waals surface area contributed by atoms with Gasteiger partial charge in [-0.3, -0.25) is 4.79 Å². The van der Waals surface area contributed by atoms with E-state index in [2.05, 4.69) is 28.4 Å². The SMILES string of the molecule is COc1ccc([C@@H](CCCOCc2ccccc2)N2Cc3c(cccc3N3CCNCC3)C2=O)cc1OC. The Balaban J connectivity index is 1.36. The predicted molar refractivity (Wildman–Crippen MR) is 149 cm³/mol. The van der Waals surface area contributed by atoms with Gasteiger partial charge in [0.25, 0.3) is 5.91 Å². The van der Waals surface area contributed by atoms with E-state index in [1.165, 1.54) is 5.69 Å². The minimum atomic E-state index is -0.106. The zero-order chi connectivity index (χ0) is 26.3. The van der Waals surface area contributed by atoms with Gasteiger partial charge in [0.2, 0.25) is 0 Å². The lowest BCUT2D eigenvalue weighted by Gasteiger charge is -2.32. The van der Waals surface area contributed by atoms with Gasteiger partial charge in [-0.2, -0.15) is 0 Å². The number of piperazine rings is 1. The summed E-state index contributed by atoms with van der Waals surface area (Å²) >= 11 is 0. The van der Waals surface area contributed by atoms with Crippen LogP contribution in [-0.2, 0) is 17.9 Å². The molecule has 38 heavy (non-hydrogen) atoms. The van der Waals surface area contributed by atoms with Crippen molar-refractivity contribution in [2.24, 2.45) is 0 Å². The van der Waals surface area contributed by atoms with E-state index in [9.17, 15) is 4.79 Å². The van der Waals surface area contributed by atoms with Crippen LogP contribution in [0.15, 0.2) is 66.7 Å². The first-order chi connectivity index (χ1) is 18.7. The molecule has 0 bridgehead atoms. The number of ether oxygens (including phenoxy) is 3. The Labute approximate surface area is 225 Å². The maximum Gasteiger partial charge on any atom is 0.255 e. The van der Waals surface area contributed by atoms with Gasteiger partial charge in [-0.25, -0.2) is 0 Å². The van der Waals surface area contributed by atoms with Crippen molar-refractivity contribution in [3.05, 3.63) is 89.0 Å². The first kappa shape index (κ1) is 26.1. The molecule has 0 radical (unpaired) electrons. The highest BCUT2D eigenvalue weighted by molar-refractivity contribution is 6.00. The summed E-state index contributed by atoms with van der Waals surface area (Å²) in [7, 11) is 3.28. The number of anilines is 1. The van der Waals surface area contributed by atoms with Crippen LogP contribution in [0.3, 0.4) is 0 Å². The maximum atomic E-state index is 13.8. The molecule has 3 aromatic carbocycles. The summed E-state index contributed by atoms with van der Waals surface area (Å²) in [6.45, 7) is 5.62. The van der Waals surface area contributed by atoms with Crippen molar-refractivity contribution in [2.45, 2.75) is 32.0 Å². The molecule has 1 fully saturated rings. The Kier molecular flexibility index (Phi) is 8.46. The number of benzene rings is 3. The molecule has 0 spiro atoms. The number of nitrogens with zero attached hydrogens (tertiary/aromatic N) is 2. The normalized spacial score (nSPS) is 15.9. The number of fused-ring (bicyclic) bond motifs is 1. The van der Waals surface area contributed by atoms with Crippen LogP contribution in [0.4, 0.5) is 5.69 Å². The molecule has 2 aliphatic rings. The third kappa shape index (κ3) is 5.64. The Hall–Kier alpha value is -3.55. The van der Waals surface area contributed by atoms with E-state index in [0.29, 0.717) is 31.3 Å². The Morgan fingerprint density at radius 3 is 2.47 bits per heavy atom. The van der Waals surface area contributed by atoms with Crippen molar-refractivity contribution in [3.8, 4) is 11.5 Å². The molecule has 1 amide bonds. The van der Waals surface area contributed by atoms with E-state index in [0.717, 1.165) is 61.3 Å². The van der Waals surface area contributed by atoms with Crippen LogP contribution in [0, 0.1) is 0 Å². The topological polar surface area (TPSA) is 63.3 Å². The minimum absolute atomic E-state index is 0.0852. The fourth-order valence-electron chi connectivity index (χ4n) is 5.50. The zero-order valence-electron chi connectivity index (χ0n) is 22.3. The van der Waals surface area contributed by atoms with E-state index in [4.69, 9.17) is 14.2 Å². The average molecular weight is 516 g/mol. The molecule has 0 aromatic heterocycles. The number of carbonyl (C=O) groups is 1. The zero-order valence-corrected chi connectivity index (χ0v) is 22.3. The number of hydrogen-bond acceptors (Lipinski definition) is 6. The number of carbonyl (C=O) groups excluding carboxylic acids is 1. The average Bonchev–Trinajstić information content (AvgIpc) is 3.31. The first-order valence-electron chi connectivity index (χ1n) is 13.4. The molecule has 1 saturated heterocycles. The molecule has 0 aliphatic carbocycles. The Morgan fingerprint density at radius 1 is 0.921 bits per heavy atom. The van der Waals surface area contributed by atoms with E-state index < -0.39 is 0 Å². The molecule has 3 aromatic rings. The summed E-state index contributed by atoms with van der Waals surface area (Å²) in [6, 6.07) is 22.2. The second-order valence-electron chi connectivity index (χ2n) is 9.78. The number of hydrogen-bond donors (Lipinski definition) is 1. The molecule has 7 heteroatoms. The van der Waals surface area contributed by atoms with Gasteiger partial charge in [0.1, 0.15) is 0 Å². The van der Waals surface area contributed by atoms with Crippen molar-refractivity contribution in [1.29, 1.82) is 0 Å². The molecular formula is C31H37N3O4. The van der Waals surface area contributed by atoms with Crippen LogP contribution in [0.25, 0.3) is 0 Å². The van der Waals surface area contributed by atoms with Gasteiger partial charge in [0.05, 0.1) is 26.9 Å². The quantitative estimate of drug-likeness (QED) is 0.370. The fourth-order valence-corrected chi connectivity index (χ4v) is 5.50. The fraction of sp³-hybridized carbons (Fsp3) is 0.387. The monoisotopic (exact) mass is 515 g/mol. The van der Waals surface area contributed by atoms with Crippen LogP contribution >= 0.6 is 0 Å². The van der Waals surface area contributed by atoms with Gasteiger partial charge < -0.3 is 29.3 Å². The van der Waals surface area contributed by atoms with Gasteiger partial charge >= 0.3 is 0 Å². The number of amides is 1. The standard InChI is InChI=1S/C31H37N3O4/c1-36-29-14-13-24(20-30(29)37-2)27(12-7-19-38-22-23-8-4-3-5-9-23)34-21-26-25(31(34)35)10-6-11-28(26)33-17-15-32-16-18-33/h3-6,8-11,13-14,20,27,32H,7,12,15-19,21-22H2,1-2H3/t27-/m1/s1. The molecule has 1 atom stereocenters. The highest BCUT2D eigenvalue weighted by atomic mass is 16.5. The summed E-state index contributed by atoms with van der Waals surface area (Å²) in [6.07, 6.45) is 1.61. The third-order valence-electron chi connectivity index (χ3n) is 7.48. The second kappa shape index (κ2) is 12.3. The minimum Gasteiger partial charge on any atom is -0.493 e. The number of nitrogens with one attached hydrogen (secondary N) is 1. The highest BCUT2D eigenvalue weighted by Gasteiger charge is 2.36. The smallest absolute Gasteiger partial charge is 0.255 e. The second-order valence-corrected chi connectivity index (χ2v) is 9.78. The van der Waals surface area contributed by atoms with Gasteiger partial charge in [-0.05, 0) is 48.2 Å². The van der Waals surface area contributed by atoms with E-state index in [1.807, 2.05) is 53.4 Å². The molecule has 7 nitrogen and oxygen atoms in total. The largest absolute Gasteiger partial charge is 0.493 e. The Bertz CT molecular complexity index is 1230. The van der Waals surface area contributed by atoms with Crippen LogP contribution in [0.5, 0.6) is 11.5 Å². The summed E-state index contributed by atoms with van der Waals surface area (Å²) < 4.78 is 17.0. The van der Waals surface area contributed by atoms with Gasteiger partial charge in [-0.15, -0.1) is 0 Å². The highest BCUT2D eigenvalue weighted by Crippen LogP contribution is 2.40. The van der Waals surface area contributed by atoms with E-state index in [-0.39, 0.29) is 11.9 Å². The summed E-state index contributed by atoms with van der Waals surface area (Å²) in [4.78, 5) is 18.2. The lowest BCUT2D eigenvalue weighted by Crippen LogP contribution is -2.43.